The van der Waals surface area contributed by atoms with Crippen molar-refractivity contribution >= 4 is 11.9 Å². The Labute approximate surface area is 106 Å². The number of hydrogen-bond donors (Lipinski definition) is 1. The van der Waals surface area contributed by atoms with Crippen molar-refractivity contribution < 1.29 is 24.2 Å². The molecule has 0 spiro atoms. The van der Waals surface area contributed by atoms with Crippen molar-refractivity contribution in [3.63, 3.8) is 0 Å². The Kier molecular flexibility index (Phi) is 4.19. The number of rotatable bonds is 5. The third-order valence-electron chi connectivity index (χ3n) is 3.28. The smallest absolute Gasteiger partial charge is 0.306 e. The van der Waals surface area contributed by atoms with Gasteiger partial charge in [0.2, 0.25) is 5.91 Å². The highest BCUT2D eigenvalue weighted by Crippen LogP contribution is 2.35. The molecule has 0 aromatic rings. The topological polar surface area (TPSA) is 76.1 Å². The second-order valence-corrected chi connectivity index (χ2v) is 4.71. The molecule has 0 unspecified atom stereocenters. The van der Waals surface area contributed by atoms with Crippen molar-refractivity contribution in [2.45, 2.75) is 32.0 Å². The van der Waals surface area contributed by atoms with Gasteiger partial charge in [0.15, 0.2) is 0 Å². The molecule has 6 heteroatoms. The highest BCUT2D eigenvalue weighted by Gasteiger charge is 2.46. The van der Waals surface area contributed by atoms with Crippen LogP contribution in [0.4, 0.5) is 0 Å². The number of carboxylic acid groups (broad SMARTS) is 1. The van der Waals surface area contributed by atoms with Crippen molar-refractivity contribution in [2.75, 3.05) is 26.3 Å². The van der Waals surface area contributed by atoms with Crippen LogP contribution < -0.4 is 0 Å². The van der Waals surface area contributed by atoms with Crippen LogP contribution >= 0.6 is 0 Å². The highest BCUT2D eigenvalue weighted by atomic mass is 16.5. The lowest BCUT2D eigenvalue weighted by molar-refractivity contribution is -0.148. The van der Waals surface area contributed by atoms with E-state index in [9.17, 15) is 9.59 Å². The second-order valence-electron chi connectivity index (χ2n) is 4.71. The van der Waals surface area contributed by atoms with Gasteiger partial charge in [0.05, 0.1) is 31.2 Å². The molecule has 0 aromatic heterocycles. The SMILES string of the molecule is CCO[C@@H]1C[C@@H]1C(=O)N1CCO[C@H](CC(=O)O)C1. The molecule has 102 valence electrons. The van der Waals surface area contributed by atoms with E-state index in [2.05, 4.69) is 0 Å². The zero-order valence-electron chi connectivity index (χ0n) is 10.5. The Morgan fingerprint density at radius 2 is 2.28 bits per heavy atom. The molecule has 2 fully saturated rings. The zero-order valence-corrected chi connectivity index (χ0v) is 10.5. The molecule has 1 saturated heterocycles. The molecule has 1 amide bonds. The fourth-order valence-electron chi connectivity index (χ4n) is 2.30. The molecule has 1 saturated carbocycles. The van der Waals surface area contributed by atoms with E-state index in [4.69, 9.17) is 14.6 Å². The maximum atomic E-state index is 12.1. The first kappa shape index (κ1) is 13.3. The summed E-state index contributed by atoms with van der Waals surface area (Å²) >= 11 is 0. The van der Waals surface area contributed by atoms with Crippen LogP contribution in [-0.4, -0.2) is 60.4 Å². The van der Waals surface area contributed by atoms with E-state index < -0.39 is 5.97 Å². The van der Waals surface area contributed by atoms with Gasteiger partial charge in [-0.15, -0.1) is 0 Å². The van der Waals surface area contributed by atoms with Gasteiger partial charge in [-0.2, -0.15) is 0 Å². The molecule has 1 aliphatic heterocycles. The lowest BCUT2D eigenvalue weighted by Crippen LogP contribution is -2.47. The van der Waals surface area contributed by atoms with Gasteiger partial charge in [0.1, 0.15) is 0 Å². The first-order valence-electron chi connectivity index (χ1n) is 6.35. The average molecular weight is 257 g/mol. The van der Waals surface area contributed by atoms with E-state index in [0.29, 0.717) is 26.3 Å². The maximum Gasteiger partial charge on any atom is 0.306 e. The predicted octanol–water partition coefficient (Wildman–Crippen LogP) is 0.114. The molecule has 0 radical (unpaired) electrons. The third-order valence-corrected chi connectivity index (χ3v) is 3.28. The summed E-state index contributed by atoms with van der Waals surface area (Å²) in [6, 6.07) is 0. The summed E-state index contributed by atoms with van der Waals surface area (Å²) in [6.07, 6.45) is 0.407. The van der Waals surface area contributed by atoms with E-state index in [-0.39, 0.29) is 30.5 Å². The van der Waals surface area contributed by atoms with Crippen LogP contribution in [0.3, 0.4) is 0 Å². The van der Waals surface area contributed by atoms with Gasteiger partial charge >= 0.3 is 5.97 Å². The number of nitrogens with zero attached hydrogens (tertiary/aromatic N) is 1. The fourth-order valence-corrected chi connectivity index (χ4v) is 2.30. The van der Waals surface area contributed by atoms with Crippen LogP contribution in [0.1, 0.15) is 19.8 Å². The molecular formula is C12H19NO5. The van der Waals surface area contributed by atoms with Crippen molar-refractivity contribution in [2.24, 2.45) is 5.92 Å². The van der Waals surface area contributed by atoms with Gasteiger partial charge in [-0.1, -0.05) is 0 Å². The Morgan fingerprint density at radius 3 is 2.94 bits per heavy atom. The second kappa shape index (κ2) is 5.67. The quantitative estimate of drug-likeness (QED) is 0.756. The standard InChI is InChI=1S/C12H19NO5/c1-2-17-10-6-9(10)12(16)13-3-4-18-8(7-13)5-11(14)15/h8-10H,2-7H2,1H3,(H,14,15)/t8-,9+,10-/m1/s1. The van der Waals surface area contributed by atoms with E-state index in [1.165, 1.54) is 0 Å². The molecule has 6 nitrogen and oxygen atoms in total. The molecule has 3 atom stereocenters. The Hall–Kier alpha value is -1.14. The molecule has 2 aliphatic rings. The first-order valence-corrected chi connectivity index (χ1v) is 6.35. The normalized spacial score (nSPS) is 31.2. The molecule has 1 aliphatic carbocycles. The monoisotopic (exact) mass is 257 g/mol. The van der Waals surface area contributed by atoms with Crippen LogP contribution in [0.25, 0.3) is 0 Å². The minimum atomic E-state index is -0.895. The van der Waals surface area contributed by atoms with E-state index in [1.807, 2.05) is 6.92 Å². The van der Waals surface area contributed by atoms with Gasteiger partial charge < -0.3 is 19.5 Å². The molecule has 1 heterocycles. The minimum Gasteiger partial charge on any atom is -0.481 e. The lowest BCUT2D eigenvalue weighted by atomic mass is 10.2. The Bertz CT molecular complexity index is 332. The number of amides is 1. The minimum absolute atomic E-state index is 0.0338. The number of carboxylic acids is 1. The van der Waals surface area contributed by atoms with Crippen LogP contribution in [0.5, 0.6) is 0 Å². The lowest BCUT2D eigenvalue weighted by Gasteiger charge is -2.32. The largest absolute Gasteiger partial charge is 0.481 e. The molecule has 0 aromatic carbocycles. The summed E-state index contributed by atoms with van der Waals surface area (Å²) in [6.45, 7) is 3.87. The number of morpholine rings is 1. The van der Waals surface area contributed by atoms with Gasteiger partial charge in [-0.25, -0.2) is 0 Å². The van der Waals surface area contributed by atoms with Gasteiger partial charge in [0, 0.05) is 19.7 Å². The maximum absolute atomic E-state index is 12.1. The summed E-state index contributed by atoms with van der Waals surface area (Å²) < 4.78 is 10.7. The summed E-state index contributed by atoms with van der Waals surface area (Å²) in [5, 5.41) is 8.72. The van der Waals surface area contributed by atoms with Crippen molar-refractivity contribution in [1.29, 1.82) is 0 Å². The number of carbonyl (C=O) groups is 2. The van der Waals surface area contributed by atoms with E-state index in [0.717, 1.165) is 6.42 Å². The fraction of sp³-hybridized carbons (Fsp3) is 0.833. The van der Waals surface area contributed by atoms with Gasteiger partial charge in [-0.05, 0) is 13.3 Å². The summed E-state index contributed by atoms with van der Waals surface area (Å²) in [5.74, 6) is -0.853. The zero-order chi connectivity index (χ0) is 13.1. The van der Waals surface area contributed by atoms with Crippen molar-refractivity contribution in [3.8, 4) is 0 Å². The van der Waals surface area contributed by atoms with E-state index in [1.54, 1.807) is 4.90 Å². The van der Waals surface area contributed by atoms with E-state index >= 15 is 0 Å². The number of aliphatic carboxylic acids is 1. The highest BCUT2D eigenvalue weighted by molar-refractivity contribution is 5.82. The number of ether oxygens (including phenoxy) is 2. The van der Waals surface area contributed by atoms with Crippen LogP contribution in [0, 0.1) is 5.92 Å². The summed E-state index contributed by atoms with van der Waals surface area (Å²) in [5.41, 5.74) is 0. The van der Waals surface area contributed by atoms with Crippen molar-refractivity contribution in [1.82, 2.24) is 4.90 Å². The van der Waals surface area contributed by atoms with Crippen molar-refractivity contribution in [3.05, 3.63) is 0 Å². The molecular weight excluding hydrogens is 238 g/mol. The third kappa shape index (κ3) is 3.20. The summed E-state index contributed by atoms with van der Waals surface area (Å²) in [4.78, 5) is 24.5. The summed E-state index contributed by atoms with van der Waals surface area (Å²) in [7, 11) is 0. The van der Waals surface area contributed by atoms with Crippen LogP contribution in [-0.2, 0) is 19.1 Å². The number of hydrogen-bond acceptors (Lipinski definition) is 4. The predicted molar refractivity (Wildman–Crippen MR) is 62.1 cm³/mol. The first-order chi connectivity index (χ1) is 8.61. The van der Waals surface area contributed by atoms with Gasteiger partial charge in [-0.3, -0.25) is 9.59 Å². The molecule has 0 bridgehead atoms. The van der Waals surface area contributed by atoms with Gasteiger partial charge in [0.25, 0.3) is 0 Å². The van der Waals surface area contributed by atoms with Crippen LogP contribution in [0.2, 0.25) is 0 Å². The van der Waals surface area contributed by atoms with Crippen LogP contribution in [0.15, 0.2) is 0 Å². The molecule has 2 rings (SSSR count). The number of carbonyl (C=O) groups excluding carboxylic acids is 1. The average Bonchev–Trinajstić information content (AvgIpc) is 3.07. The molecule has 18 heavy (non-hydrogen) atoms. The molecule has 1 N–H and O–H groups in total. The Morgan fingerprint density at radius 1 is 1.50 bits per heavy atom. The Balaban J connectivity index is 1.82.